The van der Waals surface area contributed by atoms with Gasteiger partial charge in [0.2, 0.25) is 11.8 Å². The van der Waals surface area contributed by atoms with Crippen molar-refractivity contribution < 1.29 is 14.4 Å². The number of nitrogens with one attached hydrogen (secondary N) is 2. The van der Waals surface area contributed by atoms with Crippen molar-refractivity contribution in [1.29, 1.82) is 0 Å². The Labute approximate surface area is 149 Å². The topological polar surface area (TPSA) is 78.5 Å². The molecule has 1 aromatic rings. The first-order chi connectivity index (χ1) is 11.5. The number of likely N-dealkylation sites (tertiary alicyclic amines) is 1. The van der Waals surface area contributed by atoms with Gasteiger partial charge in [-0.2, -0.15) is 0 Å². The van der Waals surface area contributed by atoms with Crippen LogP contribution in [-0.2, 0) is 9.59 Å². The highest BCUT2D eigenvalue weighted by molar-refractivity contribution is 9.10. The highest BCUT2D eigenvalue weighted by Crippen LogP contribution is 2.32. The van der Waals surface area contributed by atoms with Crippen LogP contribution in [0.3, 0.4) is 0 Å². The van der Waals surface area contributed by atoms with E-state index in [1.54, 1.807) is 29.2 Å². The SMILES string of the molecule is O=C(NNC(=O)C1CCCN(C(=O)C2CC2)C1)c1ccc(Br)cc1. The summed E-state index contributed by atoms with van der Waals surface area (Å²) in [5.41, 5.74) is 5.38. The van der Waals surface area contributed by atoms with Gasteiger partial charge in [0.05, 0.1) is 5.92 Å². The van der Waals surface area contributed by atoms with Gasteiger partial charge in [-0.3, -0.25) is 25.2 Å². The van der Waals surface area contributed by atoms with Crippen LogP contribution in [0, 0.1) is 11.8 Å². The Morgan fingerprint density at radius 2 is 1.71 bits per heavy atom. The molecule has 0 bridgehead atoms. The van der Waals surface area contributed by atoms with Crippen LogP contribution in [0.5, 0.6) is 0 Å². The number of carbonyl (C=O) groups is 3. The molecule has 1 saturated carbocycles. The van der Waals surface area contributed by atoms with Crippen molar-refractivity contribution in [3.8, 4) is 0 Å². The normalized spacial score (nSPS) is 20.4. The minimum atomic E-state index is -0.363. The first-order valence-electron chi connectivity index (χ1n) is 8.19. The lowest BCUT2D eigenvalue weighted by Gasteiger charge is -2.32. The molecule has 0 spiro atoms. The Morgan fingerprint density at radius 1 is 1.00 bits per heavy atom. The number of hydrazine groups is 1. The fourth-order valence-electron chi connectivity index (χ4n) is 2.87. The molecule has 2 aliphatic rings. The van der Waals surface area contributed by atoms with E-state index in [0.717, 1.165) is 36.7 Å². The fourth-order valence-corrected chi connectivity index (χ4v) is 3.14. The minimum absolute atomic E-state index is 0.170. The highest BCUT2D eigenvalue weighted by Gasteiger charge is 2.36. The van der Waals surface area contributed by atoms with Crippen molar-refractivity contribution in [2.75, 3.05) is 13.1 Å². The van der Waals surface area contributed by atoms with Gasteiger partial charge in [0, 0.05) is 29.0 Å². The van der Waals surface area contributed by atoms with E-state index >= 15 is 0 Å². The summed E-state index contributed by atoms with van der Waals surface area (Å²) in [4.78, 5) is 38.2. The molecule has 7 heteroatoms. The summed E-state index contributed by atoms with van der Waals surface area (Å²) >= 11 is 3.31. The van der Waals surface area contributed by atoms with Gasteiger partial charge in [0.15, 0.2) is 0 Å². The maximum Gasteiger partial charge on any atom is 0.269 e. The first kappa shape index (κ1) is 17.0. The van der Waals surface area contributed by atoms with E-state index in [4.69, 9.17) is 0 Å². The molecule has 6 nitrogen and oxygen atoms in total. The van der Waals surface area contributed by atoms with Gasteiger partial charge in [0.25, 0.3) is 5.91 Å². The molecule has 0 radical (unpaired) electrons. The summed E-state index contributed by atoms with van der Waals surface area (Å²) in [5, 5.41) is 0. The summed E-state index contributed by atoms with van der Waals surface area (Å²) in [6.07, 6.45) is 3.48. The van der Waals surface area contributed by atoms with Crippen LogP contribution in [0.25, 0.3) is 0 Å². The molecule has 1 unspecified atom stereocenters. The number of rotatable bonds is 3. The van der Waals surface area contributed by atoms with Crippen molar-refractivity contribution in [2.45, 2.75) is 25.7 Å². The van der Waals surface area contributed by atoms with Crippen LogP contribution < -0.4 is 10.9 Å². The van der Waals surface area contributed by atoms with E-state index in [2.05, 4.69) is 26.8 Å². The van der Waals surface area contributed by atoms with Crippen LogP contribution in [0.1, 0.15) is 36.0 Å². The Hall–Kier alpha value is -1.89. The van der Waals surface area contributed by atoms with Gasteiger partial charge in [0.1, 0.15) is 0 Å². The van der Waals surface area contributed by atoms with E-state index < -0.39 is 0 Å². The van der Waals surface area contributed by atoms with Gasteiger partial charge in [-0.15, -0.1) is 0 Å². The summed E-state index contributed by atoms with van der Waals surface area (Å²) in [6, 6.07) is 6.86. The highest BCUT2D eigenvalue weighted by atomic mass is 79.9. The summed E-state index contributed by atoms with van der Waals surface area (Å²) in [6.45, 7) is 1.17. The number of hydrogen-bond donors (Lipinski definition) is 2. The molecule has 1 saturated heterocycles. The zero-order chi connectivity index (χ0) is 17.1. The zero-order valence-electron chi connectivity index (χ0n) is 13.3. The van der Waals surface area contributed by atoms with E-state index in [9.17, 15) is 14.4 Å². The Morgan fingerprint density at radius 3 is 2.38 bits per heavy atom. The van der Waals surface area contributed by atoms with Crippen LogP contribution >= 0.6 is 15.9 Å². The van der Waals surface area contributed by atoms with Crippen molar-refractivity contribution >= 4 is 33.7 Å². The zero-order valence-corrected chi connectivity index (χ0v) is 14.8. The van der Waals surface area contributed by atoms with Gasteiger partial charge in [-0.05, 0) is 49.9 Å². The van der Waals surface area contributed by atoms with Crippen LogP contribution in [0.2, 0.25) is 0 Å². The monoisotopic (exact) mass is 393 g/mol. The average molecular weight is 394 g/mol. The molecule has 1 atom stereocenters. The fraction of sp³-hybridized carbons (Fsp3) is 0.471. The van der Waals surface area contributed by atoms with Gasteiger partial charge in [-0.25, -0.2) is 0 Å². The van der Waals surface area contributed by atoms with E-state index in [1.807, 2.05) is 0 Å². The van der Waals surface area contributed by atoms with Crippen LogP contribution in [-0.4, -0.2) is 35.7 Å². The molecule has 2 N–H and O–H groups in total. The van der Waals surface area contributed by atoms with Crippen molar-refractivity contribution in [3.63, 3.8) is 0 Å². The standard InChI is InChI=1S/C17H20BrN3O3/c18-14-7-5-11(6-8-14)15(22)19-20-16(23)13-2-1-9-21(10-13)17(24)12-3-4-12/h5-8,12-13H,1-4,9-10H2,(H,19,22)(H,20,23). The van der Waals surface area contributed by atoms with E-state index in [1.165, 1.54) is 0 Å². The van der Waals surface area contributed by atoms with Crippen LogP contribution in [0.4, 0.5) is 0 Å². The van der Waals surface area contributed by atoms with Crippen LogP contribution in [0.15, 0.2) is 28.7 Å². The molecule has 3 amide bonds. The second-order valence-corrected chi connectivity index (χ2v) is 7.26. The first-order valence-corrected chi connectivity index (χ1v) is 8.98. The lowest BCUT2D eigenvalue weighted by Crippen LogP contribution is -2.50. The summed E-state index contributed by atoms with van der Waals surface area (Å²) in [5.74, 6) is -0.534. The Bertz CT molecular complexity index is 643. The largest absolute Gasteiger partial charge is 0.342 e. The Balaban J connectivity index is 1.49. The third-order valence-electron chi connectivity index (χ3n) is 4.44. The molecule has 1 aromatic carbocycles. The predicted octanol–water partition coefficient (Wildman–Crippen LogP) is 1.86. The van der Waals surface area contributed by atoms with E-state index in [0.29, 0.717) is 12.1 Å². The molecule has 1 heterocycles. The van der Waals surface area contributed by atoms with Crippen molar-refractivity contribution in [1.82, 2.24) is 15.8 Å². The minimum Gasteiger partial charge on any atom is -0.342 e. The maximum absolute atomic E-state index is 12.3. The molecule has 0 aromatic heterocycles. The number of benzene rings is 1. The lowest BCUT2D eigenvalue weighted by atomic mass is 9.97. The molecule has 24 heavy (non-hydrogen) atoms. The lowest BCUT2D eigenvalue weighted by molar-refractivity contribution is -0.137. The molecule has 1 aliphatic carbocycles. The molecule has 128 valence electrons. The number of carbonyl (C=O) groups excluding carboxylic acids is 3. The second-order valence-electron chi connectivity index (χ2n) is 6.35. The summed E-state index contributed by atoms with van der Waals surface area (Å²) in [7, 11) is 0. The number of hydrogen-bond acceptors (Lipinski definition) is 3. The van der Waals surface area contributed by atoms with Crippen molar-refractivity contribution in [3.05, 3.63) is 34.3 Å². The quantitative estimate of drug-likeness (QED) is 0.769. The average Bonchev–Trinajstić information content (AvgIpc) is 3.44. The van der Waals surface area contributed by atoms with Gasteiger partial charge in [-0.1, -0.05) is 15.9 Å². The second kappa shape index (κ2) is 7.34. The number of halogens is 1. The number of nitrogens with zero attached hydrogens (tertiary/aromatic N) is 1. The van der Waals surface area contributed by atoms with E-state index in [-0.39, 0.29) is 29.6 Å². The molecule has 1 aliphatic heterocycles. The maximum atomic E-state index is 12.3. The van der Waals surface area contributed by atoms with Gasteiger partial charge >= 0.3 is 0 Å². The number of piperidine rings is 1. The molecule has 2 fully saturated rings. The van der Waals surface area contributed by atoms with Gasteiger partial charge < -0.3 is 4.90 Å². The predicted molar refractivity (Wildman–Crippen MR) is 91.8 cm³/mol. The third-order valence-corrected chi connectivity index (χ3v) is 4.96. The molecular weight excluding hydrogens is 374 g/mol. The third kappa shape index (κ3) is 4.14. The smallest absolute Gasteiger partial charge is 0.269 e. The molecular formula is C17H20BrN3O3. The summed E-state index contributed by atoms with van der Waals surface area (Å²) < 4.78 is 0.880. The Kier molecular flexibility index (Phi) is 5.18. The number of amides is 3. The van der Waals surface area contributed by atoms with Crippen molar-refractivity contribution in [2.24, 2.45) is 11.8 Å². The molecule has 3 rings (SSSR count).